The molecule has 13 heavy (non-hydrogen) atoms. The van der Waals surface area contributed by atoms with Gasteiger partial charge in [-0.1, -0.05) is 15.9 Å². The average molecular weight is 242 g/mol. The Hall–Kier alpha value is -0.970. The fourth-order valence-electron chi connectivity index (χ4n) is 1.27. The molecule has 1 aromatic rings. The van der Waals surface area contributed by atoms with Crippen molar-refractivity contribution >= 4 is 27.8 Å². The zero-order valence-corrected chi connectivity index (χ0v) is 8.44. The fourth-order valence-corrected chi connectivity index (χ4v) is 1.73. The Kier molecular flexibility index (Phi) is 2.26. The van der Waals surface area contributed by atoms with Crippen LogP contribution in [0, 0.1) is 0 Å². The van der Waals surface area contributed by atoms with Crippen LogP contribution in [0.1, 0.15) is 6.42 Å². The third-order valence-electron chi connectivity index (χ3n) is 1.93. The molecule has 1 atom stereocenters. The van der Waals surface area contributed by atoms with Crippen LogP contribution in [0.25, 0.3) is 0 Å². The van der Waals surface area contributed by atoms with Crippen LogP contribution in [0.2, 0.25) is 0 Å². The number of carbonyl (C=O) groups excluding carboxylic acids is 1. The Morgan fingerprint density at radius 1 is 1.46 bits per heavy atom. The molecule has 0 bridgehead atoms. The van der Waals surface area contributed by atoms with Crippen LogP contribution in [0.5, 0.6) is 0 Å². The van der Waals surface area contributed by atoms with E-state index in [1.54, 1.807) is 23.4 Å². The van der Waals surface area contributed by atoms with E-state index in [-0.39, 0.29) is 10.7 Å². The van der Waals surface area contributed by atoms with Gasteiger partial charge in [0, 0.05) is 18.9 Å². The highest BCUT2D eigenvalue weighted by Crippen LogP contribution is 2.21. The number of anilines is 1. The van der Waals surface area contributed by atoms with Gasteiger partial charge < -0.3 is 0 Å². The number of aromatic nitrogens is 2. The highest BCUT2D eigenvalue weighted by atomic mass is 79.9. The van der Waals surface area contributed by atoms with Crippen molar-refractivity contribution in [1.82, 2.24) is 9.97 Å². The van der Waals surface area contributed by atoms with E-state index in [4.69, 9.17) is 0 Å². The quantitative estimate of drug-likeness (QED) is 0.689. The summed E-state index contributed by atoms with van der Waals surface area (Å²) in [5, 5.41) is 0. The first-order valence-electron chi connectivity index (χ1n) is 4.01. The first-order valence-corrected chi connectivity index (χ1v) is 4.93. The van der Waals surface area contributed by atoms with E-state index in [0.717, 1.165) is 6.42 Å². The molecule has 1 aliphatic heterocycles. The predicted molar refractivity (Wildman–Crippen MR) is 51.7 cm³/mol. The highest BCUT2D eigenvalue weighted by molar-refractivity contribution is 9.10. The van der Waals surface area contributed by atoms with Crippen molar-refractivity contribution < 1.29 is 4.79 Å². The van der Waals surface area contributed by atoms with Gasteiger partial charge in [0.15, 0.2) is 0 Å². The van der Waals surface area contributed by atoms with Gasteiger partial charge in [-0.25, -0.2) is 9.97 Å². The lowest BCUT2D eigenvalue weighted by Gasteiger charge is -2.11. The van der Waals surface area contributed by atoms with Gasteiger partial charge in [0.1, 0.15) is 0 Å². The van der Waals surface area contributed by atoms with Gasteiger partial charge in [-0.2, -0.15) is 0 Å². The van der Waals surface area contributed by atoms with Gasteiger partial charge in [0.25, 0.3) is 0 Å². The smallest absolute Gasteiger partial charge is 0.243 e. The lowest BCUT2D eigenvalue weighted by molar-refractivity contribution is -0.116. The summed E-state index contributed by atoms with van der Waals surface area (Å²) in [7, 11) is 0. The predicted octanol–water partition coefficient (Wildman–Crippen LogP) is 0.977. The second-order valence-electron chi connectivity index (χ2n) is 2.79. The summed E-state index contributed by atoms with van der Waals surface area (Å²) in [6.45, 7) is 0.693. The van der Waals surface area contributed by atoms with E-state index in [1.165, 1.54) is 0 Å². The molecule has 68 valence electrons. The van der Waals surface area contributed by atoms with Crippen LogP contribution < -0.4 is 4.90 Å². The molecule has 0 unspecified atom stereocenters. The van der Waals surface area contributed by atoms with Gasteiger partial charge in [-0.05, 0) is 12.5 Å². The minimum absolute atomic E-state index is 0.0474. The molecule has 1 amide bonds. The Bertz CT molecular complexity index is 316. The van der Waals surface area contributed by atoms with Gasteiger partial charge >= 0.3 is 0 Å². The largest absolute Gasteiger partial charge is 0.280 e. The van der Waals surface area contributed by atoms with Crippen LogP contribution in [0.15, 0.2) is 18.5 Å². The SMILES string of the molecule is O=C1[C@H](Br)CCN1c1ncccn1. The lowest BCUT2D eigenvalue weighted by Crippen LogP contribution is -2.28. The van der Waals surface area contributed by atoms with Gasteiger partial charge in [-0.15, -0.1) is 0 Å². The van der Waals surface area contributed by atoms with E-state index in [1.807, 2.05) is 0 Å². The van der Waals surface area contributed by atoms with Crippen molar-refractivity contribution in [2.45, 2.75) is 11.2 Å². The summed E-state index contributed by atoms with van der Waals surface area (Å²) in [6, 6.07) is 1.73. The fraction of sp³-hybridized carbons (Fsp3) is 0.375. The maximum atomic E-state index is 11.5. The number of amides is 1. The molecule has 1 aromatic heterocycles. The molecule has 2 heterocycles. The molecule has 0 aliphatic carbocycles. The normalized spacial score (nSPS) is 22.4. The number of hydrogen-bond donors (Lipinski definition) is 0. The van der Waals surface area contributed by atoms with Crippen LogP contribution >= 0.6 is 15.9 Å². The standard InChI is InChI=1S/C8H8BrN3O/c9-6-2-5-12(7(6)13)8-10-3-1-4-11-8/h1,3-4,6H,2,5H2/t6-/m1/s1. The van der Waals surface area contributed by atoms with E-state index < -0.39 is 0 Å². The Labute approximate surface area is 84.1 Å². The van der Waals surface area contributed by atoms with Crippen molar-refractivity contribution in [3.05, 3.63) is 18.5 Å². The zero-order valence-electron chi connectivity index (χ0n) is 6.85. The Balaban J connectivity index is 2.24. The second-order valence-corrected chi connectivity index (χ2v) is 3.90. The van der Waals surface area contributed by atoms with E-state index >= 15 is 0 Å². The van der Waals surface area contributed by atoms with Gasteiger partial charge in [0.05, 0.1) is 4.83 Å². The lowest BCUT2D eigenvalue weighted by atomic mass is 10.4. The van der Waals surface area contributed by atoms with Crippen molar-refractivity contribution in [3.63, 3.8) is 0 Å². The summed E-state index contributed by atoms with van der Waals surface area (Å²) in [4.78, 5) is 21.1. The minimum atomic E-state index is -0.0729. The average Bonchev–Trinajstić information content (AvgIpc) is 2.49. The summed E-state index contributed by atoms with van der Waals surface area (Å²) in [5.74, 6) is 0.542. The summed E-state index contributed by atoms with van der Waals surface area (Å²) in [5.41, 5.74) is 0. The van der Waals surface area contributed by atoms with Crippen molar-refractivity contribution in [2.75, 3.05) is 11.4 Å². The first kappa shape index (κ1) is 8.62. The zero-order chi connectivity index (χ0) is 9.26. The number of rotatable bonds is 1. The van der Waals surface area contributed by atoms with Crippen molar-refractivity contribution in [2.24, 2.45) is 0 Å². The van der Waals surface area contributed by atoms with Crippen LogP contribution in [0.4, 0.5) is 5.95 Å². The molecule has 1 fully saturated rings. The molecule has 0 radical (unpaired) electrons. The number of carbonyl (C=O) groups is 1. The van der Waals surface area contributed by atoms with Crippen molar-refractivity contribution in [3.8, 4) is 0 Å². The van der Waals surface area contributed by atoms with E-state index in [0.29, 0.717) is 12.5 Å². The van der Waals surface area contributed by atoms with E-state index in [9.17, 15) is 4.79 Å². The summed E-state index contributed by atoms with van der Waals surface area (Å²) >= 11 is 3.29. The molecule has 0 N–H and O–H groups in total. The number of halogens is 1. The molecule has 1 aliphatic rings. The Morgan fingerprint density at radius 3 is 2.69 bits per heavy atom. The van der Waals surface area contributed by atoms with Gasteiger partial charge in [0.2, 0.25) is 11.9 Å². The summed E-state index contributed by atoms with van der Waals surface area (Å²) < 4.78 is 0. The summed E-state index contributed by atoms with van der Waals surface area (Å²) in [6.07, 6.45) is 4.09. The van der Waals surface area contributed by atoms with Crippen molar-refractivity contribution in [1.29, 1.82) is 0 Å². The van der Waals surface area contributed by atoms with Crippen LogP contribution in [-0.4, -0.2) is 27.2 Å². The maximum absolute atomic E-state index is 11.5. The third kappa shape index (κ3) is 1.56. The van der Waals surface area contributed by atoms with Gasteiger partial charge in [-0.3, -0.25) is 9.69 Å². The van der Waals surface area contributed by atoms with Crippen LogP contribution in [-0.2, 0) is 4.79 Å². The number of hydrogen-bond acceptors (Lipinski definition) is 3. The molecule has 2 rings (SSSR count). The molecule has 1 saturated heterocycles. The number of alkyl halides is 1. The highest BCUT2D eigenvalue weighted by Gasteiger charge is 2.31. The number of nitrogens with zero attached hydrogens (tertiary/aromatic N) is 3. The Morgan fingerprint density at radius 2 is 2.15 bits per heavy atom. The van der Waals surface area contributed by atoms with Crippen LogP contribution in [0.3, 0.4) is 0 Å². The first-order chi connectivity index (χ1) is 6.29. The second kappa shape index (κ2) is 3.41. The molecule has 4 nitrogen and oxygen atoms in total. The topological polar surface area (TPSA) is 46.1 Å². The molecular formula is C8H8BrN3O. The van der Waals surface area contributed by atoms with E-state index in [2.05, 4.69) is 25.9 Å². The molecular weight excluding hydrogens is 234 g/mol. The molecule has 0 spiro atoms. The molecule has 0 saturated carbocycles. The monoisotopic (exact) mass is 241 g/mol. The third-order valence-corrected chi connectivity index (χ3v) is 2.78. The molecule has 5 heteroatoms. The molecule has 0 aromatic carbocycles. The maximum Gasteiger partial charge on any atom is 0.243 e. The minimum Gasteiger partial charge on any atom is -0.280 e.